The molecule has 7 heteroatoms. The van der Waals surface area contributed by atoms with E-state index >= 15 is 0 Å². The molecule has 124 valence electrons. The zero-order valence-electron chi connectivity index (χ0n) is 13.5. The number of nitrogen functional groups attached to an aromatic ring is 1. The van der Waals surface area contributed by atoms with E-state index in [-0.39, 0.29) is 0 Å². The quantitative estimate of drug-likeness (QED) is 0.379. The first kappa shape index (κ1) is 15.5. The highest BCUT2D eigenvalue weighted by atomic mass is 32.2. The van der Waals surface area contributed by atoms with Gasteiger partial charge in [-0.2, -0.15) is 5.10 Å². The average molecular weight is 348 g/mol. The lowest BCUT2D eigenvalue weighted by molar-refractivity contribution is 1.04. The lowest BCUT2D eigenvalue weighted by Crippen LogP contribution is -1.99. The van der Waals surface area contributed by atoms with E-state index in [0.29, 0.717) is 11.8 Å². The molecule has 2 aromatic heterocycles. The molecule has 0 aliphatic rings. The van der Waals surface area contributed by atoms with E-state index < -0.39 is 0 Å². The number of aromatic nitrogens is 4. The molecule has 4 rings (SSSR count). The Labute approximate surface area is 148 Å². The van der Waals surface area contributed by atoms with Crippen LogP contribution in [0.25, 0.3) is 10.9 Å². The first-order valence-corrected chi connectivity index (χ1v) is 8.58. The van der Waals surface area contributed by atoms with E-state index in [9.17, 15) is 0 Å². The van der Waals surface area contributed by atoms with Gasteiger partial charge in [0.2, 0.25) is 5.95 Å². The predicted octanol–water partition coefficient (Wildman–Crippen LogP) is 4.14. The van der Waals surface area contributed by atoms with Crippen molar-refractivity contribution in [2.75, 3.05) is 11.1 Å². The molecule has 0 aliphatic heterocycles. The molecule has 0 aliphatic carbocycles. The van der Waals surface area contributed by atoms with Gasteiger partial charge < -0.3 is 11.1 Å². The van der Waals surface area contributed by atoms with Crippen molar-refractivity contribution in [3.8, 4) is 0 Å². The van der Waals surface area contributed by atoms with Crippen LogP contribution in [0, 0.1) is 6.92 Å². The average Bonchev–Trinajstić information content (AvgIpc) is 3.02. The Balaban J connectivity index is 1.74. The minimum Gasteiger partial charge on any atom is -0.399 e. The number of benzene rings is 2. The third-order valence-electron chi connectivity index (χ3n) is 3.61. The number of rotatable bonds is 4. The van der Waals surface area contributed by atoms with Gasteiger partial charge >= 0.3 is 0 Å². The van der Waals surface area contributed by atoms with Crippen LogP contribution in [0.4, 0.5) is 17.5 Å². The van der Waals surface area contributed by atoms with Gasteiger partial charge in [-0.15, -0.1) is 0 Å². The maximum Gasteiger partial charge on any atom is 0.230 e. The van der Waals surface area contributed by atoms with E-state index in [1.165, 1.54) is 0 Å². The molecule has 0 atom stereocenters. The molecule has 2 aromatic carbocycles. The molecule has 0 unspecified atom stereocenters. The predicted molar refractivity (Wildman–Crippen MR) is 101 cm³/mol. The van der Waals surface area contributed by atoms with E-state index in [2.05, 4.69) is 25.5 Å². The summed E-state index contributed by atoms with van der Waals surface area (Å²) < 4.78 is 0. The number of anilines is 3. The number of para-hydroxylation sites is 1. The summed E-state index contributed by atoms with van der Waals surface area (Å²) in [6.07, 6.45) is 0. The number of aryl methyl sites for hydroxylation is 1. The molecule has 4 aromatic rings. The number of nitrogens with two attached hydrogens (primary N) is 1. The van der Waals surface area contributed by atoms with Crippen molar-refractivity contribution in [2.45, 2.75) is 16.8 Å². The molecule has 0 radical (unpaired) electrons. The lowest BCUT2D eigenvalue weighted by atomic mass is 10.2. The maximum absolute atomic E-state index is 5.77. The monoisotopic (exact) mass is 348 g/mol. The summed E-state index contributed by atoms with van der Waals surface area (Å²) in [5, 5.41) is 12.1. The van der Waals surface area contributed by atoms with Gasteiger partial charge in [-0.3, -0.25) is 5.10 Å². The fourth-order valence-corrected chi connectivity index (χ4v) is 3.34. The summed E-state index contributed by atoms with van der Waals surface area (Å²) in [4.78, 5) is 10.3. The van der Waals surface area contributed by atoms with Crippen molar-refractivity contribution in [3.05, 3.63) is 60.3 Å². The zero-order chi connectivity index (χ0) is 17.2. The van der Waals surface area contributed by atoms with Crippen LogP contribution < -0.4 is 11.1 Å². The first-order chi connectivity index (χ1) is 12.2. The van der Waals surface area contributed by atoms with Gasteiger partial charge in [0.25, 0.3) is 0 Å². The number of nitrogens with one attached hydrogen (secondary N) is 2. The molecule has 0 fully saturated rings. The summed E-state index contributed by atoms with van der Waals surface area (Å²) in [6, 6.07) is 17.6. The molecule has 2 heterocycles. The van der Waals surface area contributed by atoms with Gasteiger partial charge in [-0.25, -0.2) is 9.97 Å². The Morgan fingerprint density at radius 3 is 2.60 bits per heavy atom. The minimum atomic E-state index is 0.517. The van der Waals surface area contributed by atoms with E-state index in [0.717, 1.165) is 32.2 Å². The van der Waals surface area contributed by atoms with Crippen LogP contribution in [0.5, 0.6) is 0 Å². The maximum atomic E-state index is 5.77. The Bertz CT molecular complexity index is 1030. The van der Waals surface area contributed by atoms with Crippen molar-refractivity contribution >= 4 is 40.1 Å². The molecule has 0 saturated heterocycles. The largest absolute Gasteiger partial charge is 0.399 e. The van der Waals surface area contributed by atoms with E-state index in [4.69, 9.17) is 5.73 Å². The molecule has 0 spiro atoms. The van der Waals surface area contributed by atoms with Crippen molar-refractivity contribution in [1.82, 2.24) is 20.2 Å². The van der Waals surface area contributed by atoms with Crippen molar-refractivity contribution in [1.29, 1.82) is 0 Å². The number of hydrogen-bond donors (Lipinski definition) is 3. The Kier molecular flexibility index (Phi) is 3.99. The second kappa shape index (κ2) is 6.45. The Hall–Kier alpha value is -3.06. The number of fused-ring (bicyclic) bond motifs is 1. The number of hydrogen-bond acceptors (Lipinski definition) is 6. The lowest BCUT2D eigenvalue weighted by Gasteiger charge is -2.09. The zero-order valence-corrected chi connectivity index (χ0v) is 14.3. The third-order valence-corrected chi connectivity index (χ3v) is 4.62. The second-order valence-corrected chi connectivity index (χ2v) is 6.66. The molecule has 25 heavy (non-hydrogen) atoms. The molecule has 0 bridgehead atoms. The molecule has 0 saturated carbocycles. The summed E-state index contributed by atoms with van der Waals surface area (Å²) in [5.74, 6) is 1.21. The summed E-state index contributed by atoms with van der Waals surface area (Å²) in [7, 11) is 0. The van der Waals surface area contributed by atoms with Gasteiger partial charge in [0, 0.05) is 27.7 Å². The van der Waals surface area contributed by atoms with Gasteiger partial charge in [0.15, 0.2) is 5.82 Å². The third kappa shape index (κ3) is 3.41. The van der Waals surface area contributed by atoms with Crippen LogP contribution in [0.2, 0.25) is 0 Å². The molecule has 4 N–H and O–H groups in total. The van der Waals surface area contributed by atoms with Gasteiger partial charge in [0.05, 0.1) is 5.52 Å². The molecular weight excluding hydrogens is 332 g/mol. The standard InChI is InChI=1S/C18H16N6S/c1-11-10-16(24-23-11)21-18-20-15-5-3-2-4-14(15)17(22-18)25-13-8-6-12(19)7-9-13/h2-10H,19H2,1H3,(H2,20,21,22,23,24). The summed E-state index contributed by atoms with van der Waals surface area (Å²) in [6.45, 7) is 1.95. The fourth-order valence-electron chi connectivity index (χ4n) is 2.43. The van der Waals surface area contributed by atoms with Crippen molar-refractivity contribution in [2.24, 2.45) is 0 Å². The van der Waals surface area contributed by atoms with Crippen molar-refractivity contribution < 1.29 is 0 Å². The Morgan fingerprint density at radius 2 is 1.84 bits per heavy atom. The second-order valence-electron chi connectivity index (χ2n) is 5.60. The number of H-pyrrole nitrogens is 1. The molecular formula is C18H16N6S. The van der Waals surface area contributed by atoms with Crippen LogP contribution in [0.3, 0.4) is 0 Å². The normalized spacial score (nSPS) is 10.9. The van der Waals surface area contributed by atoms with Crippen LogP contribution >= 0.6 is 11.8 Å². The number of nitrogens with zero attached hydrogens (tertiary/aromatic N) is 3. The fraction of sp³-hybridized carbons (Fsp3) is 0.0556. The van der Waals surface area contributed by atoms with Gasteiger partial charge in [0.1, 0.15) is 5.03 Å². The van der Waals surface area contributed by atoms with E-state index in [1.807, 2.05) is 61.5 Å². The number of aromatic amines is 1. The van der Waals surface area contributed by atoms with Crippen molar-refractivity contribution in [3.63, 3.8) is 0 Å². The summed E-state index contributed by atoms with van der Waals surface area (Å²) in [5.41, 5.74) is 8.36. The Morgan fingerprint density at radius 1 is 1.04 bits per heavy atom. The highest BCUT2D eigenvalue weighted by Crippen LogP contribution is 2.33. The topological polar surface area (TPSA) is 92.5 Å². The van der Waals surface area contributed by atoms with Crippen LogP contribution in [0.15, 0.2) is 64.5 Å². The summed E-state index contributed by atoms with van der Waals surface area (Å²) >= 11 is 1.58. The SMILES string of the molecule is Cc1cc(Nc2nc(Sc3ccc(N)cc3)c3ccccc3n2)n[nH]1. The van der Waals surface area contributed by atoms with E-state index in [1.54, 1.807) is 11.8 Å². The molecule has 0 amide bonds. The van der Waals surface area contributed by atoms with Crippen LogP contribution in [0.1, 0.15) is 5.69 Å². The molecule has 6 nitrogen and oxygen atoms in total. The van der Waals surface area contributed by atoms with Crippen LogP contribution in [-0.4, -0.2) is 20.2 Å². The van der Waals surface area contributed by atoms with Gasteiger partial charge in [-0.1, -0.05) is 30.0 Å². The minimum absolute atomic E-state index is 0.517. The first-order valence-electron chi connectivity index (χ1n) is 7.76. The highest BCUT2D eigenvalue weighted by Gasteiger charge is 2.10. The van der Waals surface area contributed by atoms with Gasteiger partial charge in [-0.05, 0) is 37.3 Å². The van der Waals surface area contributed by atoms with Crippen LogP contribution in [-0.2, 0) is 0 Å². The highest BCUT2D eigenvalue weighted by molar-refractivity contribution is 7.99. The smallest absolute Gasteiger partial charge is 0.230 e.